The summed E-state index contributed by atoms with van der Waals surface area (Å²) in [7, 11) is 0. The number of halogens is 2. The lowest BCUT2D eigenvalue weighted by Crippen LogP contribution is -2.23. The molecule has 0 bridgehead atoms. The molecule has 0 fully saturated rings. The van der Waals surface area contributed by atoms with Gasteiger partial charge < -0.3 is 15.5 Å². The molecule has 2 aromatic carbocycles. The third kappa shape index (κ3) is 3.82. The molecule has 5 heteroatoms. The Labute approximate surface area is 134 Å². The molecule has 0 spiro atoms. The fraction of sp³-hybridized carbons (Fsp3) is 0.200. The average molecular weight is 401 g/mol. The van der Waals surface area contributed by atoms with E-state index in [1.807, 2.05) is 42.5 Å². The first-order valence-corrected chi connectivity index (χ1v) is 7.76. The minimum atomic E-state index is -0.109. The van der Waals surface area contributed by atoms with Crippen molar-refractivity contribution in [2.75, 3.05) is 6.61 Å². The van der Waals surface area contributed by atoms with E-state index in [9.17, 15) is 10.2 Å². The van der Waals surface area contributed by atoms with Crippen LogP contribution >= 0.6 is 31.9 Å². The highest BCUT2D eigenvalue weighted by molar-refractivity contribution is 9.11. The second-order valence-corrected chi connectivity index (χ2v) is 6.14. The van der Waals surface area contributed by atoms with Gasteiger partial charge in [-0.2, -0.15) is 0 Å². The average Bonchev–Trinajstić information content (AvgIpc) is 2.46. The summed E-state index contributed by atoms with van der Waals surface area (Å²) >= 11 is 6.62. The van der Waals surface area contributed by atoms with Gasteiger partial charge in [0.1, 0.15) is 5.75 Å². The van der Waals surface area contributed by atoms with Crippen molar-refractivity contribution in [1.29, 1.82) is 0 Å². The van der Waals surface area contributed by atoms with Gasteiger partial charge in [0.15, 0.2) is 0 Å². The first kappa shape index (κ1) is 15.5. The molecular weight excluding hydrogens is 386 g/mol. The maximum absolute atomic E-state index is 9.68. The van der Waals surface area contributed by atoms with E-state index >= 15 is 0 Å². The van der Waals surface area contributed by atoms with Gasteiger partial charge in [-0.05, 0) is 55.1 Å². The van der Waals surface area contributed by atoms with Crippen LogP contribution in [0.5, 0.6) is 5.75 Å². The molecule has 0 aromatic heterocycles. The Morgan fingerprint density at radius 2 is 1.65 bits per heavy atom. The summed E-state index contributed by atoms with van der Waals surface area (Å²) in [6, 6.07) is 13.4. The SMILES string of the molecule is OCC(NCc1cc(Br)c(O)c(Br)c1)c1ccccc1. The van der Waals surface area contributed by atoms with Gasteiger partial charge in [-0.15, -0.1) is 0 Å². The first-order chi connectivity index (χ1) is 9.61. The van der Waals surface area contributed by atoms with Crippen LogP contribution in [-0.4, -0.2) is 16.8 Å². The van der Waals surface area contributed by atoms with Crippen molar-refractivity contribution in [1.82, 2.24) is 5.32 Å². The zero-order chi connectivity index (χ0) is 14.5. The van der Waals surface area contributed by atoms with Crippen molar-refractivity contribution in [2.45, 2.75) is 12.6 Å². The van der Waals surface area contributed by atoms with Crippen LogP contribution in [0.1, 0.15) is 17.2 Å². The summed E-state index contributed by atoms with van der Waals surface area (Å²) in [4.78, 5) is 0. The highest BCUT2D eigenvalue weighted by Gasteiger charge is 2.11. The highest BCUT2D eigenvalue weighted by atomic mass is 79.9. The molecule has 0 saturated heterocycles. The number of aliphatic hydroxyl groups is 1. The molecule has 0 radical (unpaired) electrons. The van der Waals surface area contributed by atoms with Gasteiger partial charge in [0.2, 0.25) is 0 Å². The number of nitrogens with one attached hydrogen (secondary N) is 1. The molecule has 0 saturated carbocycles. The molecule has 0 amide bonds. The van der Waals surface area contributed by atoms with Crippen LogP contribution in [0, 0.1) is 0 Å². The molecule has 2 rings (SSSR count). The maximum atomic E-state index is 9.68. The zero-order valence-electron chi connectivity index (χ0n) is 10.7. The van der Waals surface area contributed by atoms with Crippen molar-refractivity contribution in [3.05, 3.63) is 62.5 Å². The van der Waals surface area contributed by atoms with Crippen LogP contribution in [-0.2, 0) is 6.54 Å². The molecule has 0 aliphatic rings. The number of aromatic hydroxyl groups is 1. The molecule has 0 heterocycles. The molecule has 2 aromatic rings. The van der Waals surface area contributed by atoms with Crippen LogP contribution in [0.3, 0.4) is 0 Å². The Kier molecular flexibility index (Phi) is 5.60. The quantitative estimate of drug-likeness (QED) is 0.716. The first-order valence-electron chi connectivity index (χ1n) is 6.18. The molecule has 1 atom stereocenters. The van der Waals surface area contributed by atoms with E-state index in [4.69, 9.17) is 0 Å². The van der Waals surface area contributed by atoms with Gasteiger partial charge in [0, 0.05) is 6.54 Å². The number of aliphatic hydroxyl groups excluding tert-OH is 1. The number of rotatable bonds is 5. The number of hydrogen-bond donors (Lipinski definition) is 3. The third-order valence-electron chi connectivity index (χ3n) is 3.01. The van der Waals surface area contributed by atoms with E-state index in [1.165, 1.54) is 0 Å². The minimum Gasteiger partial charge on any atom is -0.506 e. The second kappa shape index (κ2) is 7.22. The van der Waals surface area contributed by atoms with E-state index in [0.29, 0.717) is 15.5 Å². The van der Waals surface area contributed by atoms with Crippen molar-refractivity contribution in [2.24, 2.45) is 0 Å². The van der Waals surface area contributed by atoms with Gasteiger partial charge in [0.05, 0.1) is 21.6 Å². The predicted octanol–water partition coefficient (Wildman–Crippen LogP) is 3.74. The standard InChI is InChI=1S/C15H15Br2NO2/c16-12-6-10(7-13(17)15(12)20)8-18-14(9-19)11-4-2-1-3-5-11/h1-7,14,18-20H,8-9H2. The van der Waals surface area contributed by atoms with Gasteiger partial charge in [0.25, 0.3) is 0 Å². The minimum absolute atomic E-state index is 0.0322. The Bertz CT molecular complexity index is 552. The topological polar surface area (TPSA) is 52.5 Å². The smallest absolute Gasteiger partial charge is 0.143 e. The summed E-state index contributed by atoms with van der Waals surface area (Å²) in [5, 5.41) is 22.5. The van der Waals surface area contributed by atoms with Crippen molar-refractivity contribution in [3.63, 3.8) is 0 Å². The lowest BCUT2D eigenvalue weighted by atomic mass is 10.1. The van der Waals surface area contributed by atoms with Crippen LogP contribution < -0.4 is 5.32 Å². The molecule has 0 aliphatic carbocycles. The molecule has 1 unspecified atom stereocenters. The van der Waals surface area contributed by atoms with Crippen molar-refractivity contribution in [3.8, 4) is 5.75 Å². The molecule has 3 nitrogen and oxygen atoms in total. The van der Waals surface area contributed by atoms with Crippen molar-refractivity contribution < 1.29 is 10.2 Å². The van der Waals surface area contributed by atoms with E-state index in [-0.39, 0.29) is 18.4 Å². The Balaban J connectivity index is 2.07. The Morgan fingerprint density at radius 1 is 1.05 bits per heavy atom. The largest absolute Gasteiger partial charge is 0.506 e. The predicted molar refractivity (Wildman–Crippen MR) is 86.6 cm³/mol. The number of hydrogen-bond acceptors (Lipinski definition) is 3. The molecule has 0 aliphatic heterocycles. The van der Waals surface area contributed by atoms with Crippen molar-refractivity contribution >= 4 is 31.9 Å². The zero-order valence-corrected chi connectivity index (χ0v) is 13.9. The lowest BCUT2D eigenvalue weighted by molar-refractivity contribution is 0.243. The van der Waals surface area contributed by atoms with Crippen LogP contribution in [0.4, 0.5) is 0 Å². The molecule has 3 N–H and O–H groups in total. The summed E-state index contributed by atoms with van der Waals surface area (Å²) < 4.78 is 1.29. The number of phenolic OH excluding ortho intramolecular Hbond substituents is 1. The van der Waals surface area contributed by atoms with Gasteiger partial charge >= 0.3 is 0 Å². The van der Waals surface area contributed by atoms with E-state index < -0.39 is 0 Å². The third-order valence-corrected chi connectivity index (χ3v) is 4.22. The fourth-order valence-electron chi connectivity index (χ4n) is 1.93. The number of phenols is 1. The normalized spacial score (nSPS) is 12.3. The maximum Gasteiger partial charge on any atom is 0.143 e. The summed E-state index contributed by atoms with van der Waals surface area (Å²) in [6.45, 7) is 0.627. The van der Waals surface area contributed by atoms with Gasteiger partial charge in [-0.1, -0.05) is 30.3 Å². The van der Waals surface area contributed by atoms with E-state index in [1.54, 1.807) is 0 Å². The van der Waals surface area contributed by atoms with E-state index in [2.05, 4.69) is 37.2 Å². The lowest BCUT2D eigenvalue weighted by Gasteiger charge is -2.17. The fourth-order valence-corrected chi connectivity index (χ4v) is 3.22. The number of benzene rings is 2. The molecular formula is C15H15Br2NO2. The van der Waals surface area contributed by atoms with Gasteiger partial charge in [-0.25, -0.2) is 0 Å². The molecule has 20 heavy (non-hydrogen) atoms. The second-order valence-electron chi connectivity index (χ2n) is 4.43. The van der Waals surface area contributed by atoms with Crippen LogP contribution in [0.15, 0.2) is 51.4 Å². The van der Waals surface area contributed by atoms with Gasteiger partial charge in [-0.3, -0.25) is 0 Å². The summed E-state index contributed by atoms with van der Waals surface area (Å²) in [5.41, 5.74) is 2.06. The monoisotopic (exact) mass is 399 g/mol. The van der Waals surface area contributed by atoms with Crippen LogP contribution in [0.2, 0.25) is 0 Å². The highest BCUT2D eigenvalue weighted by Crippen LogP contribution is 2.33. The summed E-state index contributed by atoms with van der Waals surface area (Å²) in [5.74, 6) is 0.190. The Hall–Kier alpha value is -0.880. The van der Waals surface area contributed by atoms with E-state index in [0.717, 1.165) is 11.1 Å². The Morgan fingerprint density at radius 3 is 2.20 bits per heavy atom. The molecule has 106 valence electrons. The van der Waals surface area contributed by atoms with Crippen LogP contribution in [0.25, 0.3) is 0 Å². The summed E-state index contributed by atoms with van der Waals surface area (Å²) in [6.07, 6.45) is 0.